The van der Waals surface area contributed by atoms with Gasteiger partial charge in [0.25, 0.3) is 0 Å². The number of hydrogen-bond donors (Lipinski definition) is 1. The summed E-state index contributed by atoms with van der Waals surface area (Å²) >= 11 is 0. The molecule has 17 heavy (non-hydrogen) atoms. The van der Waals surface area contributed by atoms with Gasteiger partial charge in [-0.3, -0.25) is 4.79 Å². The summed E-state index contributed by atoms with van der Waals surface area (Å²) in [7, 11) is 1.75. The van der Waals surface area contributed by atoms with Crippen LogP contribution in [0, 0.1) is 12.7 Å². The van der Waals surface area contributed by atoms with E-state index in [-0.39, 0.29) is 11.7 Å². The number of amides is 1. The lowest BCUT2D eigenvalue weighted by Gasteiger charge is -2.17. The standard InChI is InChI=1S/C13H19FN2O/c1-4-15-8-13(17)16(3)9-11-5-6-12(14)10(2)7-11/h5-7,15H,4,8-9H2,1-3H3. The minimum Gasteiger partial charge on any atom is -0.340 e. The van der Waals surface area contributed by atoms with E-state index in [4.69, 9.17) is 0 Å². The van der Waals surface area contributed by atoms with Crippen LogP contribution in [0.5, 0.6) is 0 Å². The van der Waals surface area contributed by atoms with Crippen LogP contribution in [-0.4, -0.2) is 30.9 Å². The van der Waals surface area contributed by atoms with Crippen LogP contribution in [0.15, 0.2) is 18.2 Å². The third-order valence-electron chi connectivity index (χ3n) is 2.59. The maximum Gasteiger partial charge on any atom is 0.236 e. The highest BCUT2D eigenvalue weighted by molar-refractivity contribution is 5.77. The minimum atomic E-state index is -0.213. The molecule has 0 spiro atoms. The van der Waals surface area contributed by atoms with E-state index >= 15 is 0 Å². The molecule has 3 nitrogen and oxygen atoms in total. The summed E-state index contributed by atoms with van der Waals surface area (Å²) in [6.45, 7) is 5.30. The minimum absolute atomic E-state index is 0.0360. The predicted molar refractivity (Wildman–Crippen MR) is 66.2 cm³/mol. The van der Waals surface area contributed by atoms with Gasteiger partial charge in [-0.1, -0.05) is 19.1 Å². The summed E-state index contributed by atoms with van der Waals surface area (Å²) < 4.78 is 13.1. The molecule has 0 aliphatic carbocycles. The Morgan fingerprint density at radius 3 is 2.76 bits per heavy atom. The number of likely N-dealkylation sites (N-methyl/N-ethyl adjacent to an activating group) is 2. The van der Waals surface area contributed by atoms with Gasteiger partial charge < -0.3 is 10.2 Å². The Balaban J connectivity index is 2.58. The number of hydrogen-bond acceptors (Lipinski definition) is 2. The second-order valence-electron chi connectivity index (χ2n) is 4.11. The molecule has 0 aliphatic heterocycles. The molecule has 1 aromatic carbocycles. The van der Waals surface area contributed by atoms with Gasteiger partial charge in [-0.05, 0) is 30.7 Å². The fourth-order valence-electron chi connectivity index (χ4n) is 1.53. The number of aryl methyl sites for hydroxylation is 1. The maximum absolute atomic E-state index is 13.1. The highest BCUT2D eigenvalue weighted by Gasteiger charge is 2.09. The average molecular weight is 238 g/mol. The van der Waals surface area contributed by atoms with Crippen LogP contribution in [0.2, 0.25) is 0 Å². The van der Waals surface area contributed by atoms with Crippen molar-refractivity contribution in [3.63, 3.8) is 0 Å². The Labute approximate surface area is 102 Å². The topological polar surface area (TPSA) is 32.3 Å². The second kappa shape index (κ2) is 6.35. The van der Waals surface area contributed by atoms with Crippen molar-refractivity contribution in [2.24, 2.45) is 0 Å². The summed E-state index contributed by atoms with van der Waals surface area (Å²) in [6, 6.07) is 4.92. The van der Waals surface area contributed by atoms with Crippen LogP contribution in [0.25, 0.3) is 0 Å². The quantitative estimate of drug-likeness (QED) is 0.847. The van der Waals surface area contributed by atoms with Crippen molar-refractivity contribution in [1.82, 2.24) is 10.2 Å². The lowest BCUT2D eigenvalue weighted by atomic mass is 10.1. The second-order valence-corrected chi connectivity index (χ2v) is 4.11. The van der Waals surface area contributed by atoms with E-state index in [2.05, 4.69) is 5.32 Å². The molecular weight excluding hydrogens is 219 g/mol. The monoisotopic (exact) mass is 238 g/mol. The fourth-order valence-corrected chi connectivity index (χ4v) is 1.53. The normalized spacial score (nSPS) is 10.4. The fraction of sp³-hybridized carbons (Fsp3) is 0.462. The average Bonchev–Trinajstić information content (AvgIpc) is 2.30. The molecule has 1 rings (SSSR count). The van der Waals surface area contributed by atoms with Gasteiger partial charge in [0, 0.05) is 13.6 Å². The van der Waals surface area contributed by atoms with E-state index in [1.807, 2.05) is 6.92 Å². The highest BCUT2D eigenvalue weighted by atomic mass is 19.1. The SMILES string of the molecule is CCNCC(=O)N(C)Cc1ccc(F)c(C)c1. The molecule has 0 bridgehead atoms. The van der Waals surface area contributed by atoms with Crippen molar-refractivity contribution in [2.75, 3.05) is 20.1 Å². The molecule has 0 aliphatic rings. The Morgan fingerprint density at radius 2 is 2.18 bits per heavy atom. The molecule has 1 aromatic rings. The van der Waals surface area contributed by atoms with Crippen LogP contribution < -0.4 is 5.32 Å². The summed E-state index contributed by atoms with van der Waals surface area (Å²) in [4.78, 5) is 13.3. The lowest BCUT2D eigenvalue weighted by molar-refractivity contribution is -0.129. The predicted octanol–water partition coefficient (Wildman–Crippen LogP) is 1.70. The van der Waals surface area contributed by atoms with E-state index in [0.717, 1.165) is 12.1 Å². The number of benzene rings is 1. The first-order valence-electron chi connectivity index (χ1n) is 5.74. The van der Waals surface area contributed by atoms with Crippen molar-refractivity contribution >= 4 is 5.91 Å². The Bertz CT molecular complexity index is 393. The van der Waals surface area contributed by atoms with Gasteiger partial charge in [-0.2, -0.15) is 0 Å². The summed E-state index contributed by atoms with van der Waals surface area (Å²) in [5.74, 6) is -0.177. The zero-order valence-electron chi connectivity index (χ0n) is 10.6. The number of nitrogens with one attached hydrogen (secondary N) is 1. The van der Waals surface area contributed by atoms with Gasteiger partial charge in [0.05, 0.1) is 6.54 Å². The molecule has 0 unspecified atom stereocenters. The van der Waals surface area contributed by atoms with Crippen molar-refractivity contribution < 1.29 is 9.18 Å². The molecule has 0 radical (unpaired) electrons. The van der Waals surface area contributed by atoms with Gasteiger partial charge in [-0.25, -0.2) is 4.39 Å². The lowest BCUT2D eigenvalue weighted by Crippen LogP contribution is -2.35. The summed E-state index contributed by atoms with van der Waals surface area (Å²) in [5.41, 5.74) is 1.55. The van der Waals surface area contributed by atoms with Crippen LogP contribution in [-0.2, 0) is 11.3 Å². The van der Waals surface area contributed by atoms with Crippen molar-refractivity contribution in [3.05, 3.63) is 35.1 Å². The van der Waals surface area contributed by atoms with Gasteiger partial charge in [0.2, 0.25) is 5.91 Å². The number of halogens is 1. The maximum atomic E-state index is 13.1. The van der Waals surface area contributed by atoms with Crippen molar-refractivity contribution in [2.45, 2.75) is 20.4 Å². The van der Waals surface area contributed by atoms with Gasteiger partial charge in [0.1, 0.15) is 5.82 Å². The molecule has 1 amide bonds. The van der Waals surface area contributed by atoms with E-state index in [1.54, 1.807) is 31.0 Å². The number of rotatable bonds is 5. The number of nitrogens with zero attached hydrogens (tertiary/aromatic N) is 1. The van der Waals surface area contributed by atoms with Crippen molar-refractivity contribution in [3.8, 4) is 0 Å². The van der Waals surface area contributed by atoms with E-state index in [1.165, 1.54) is 6.07 Å². The molecule has 0 aromatic heterocycles. The third-order valence-corrected chi connectivity index (χ3v) is 2.59. The van der Waals surface area contributed by atoms with Crippen LogP contribution in [0.1, 0.15) is 18.1 Å². The van der Waals surface area contributed by atoms with Crippen molar-refractivity contribution in [1.29, 1.82) is 0 Å². The zero-order valence-corrected chi connectivity index (χ0v) is 10.6. The molecule has 0 saturated carbocycles. The van der Waals surface area contributed by atoms with E-state index in [9.17, 15) is 9.18 Å². The molecular formula is C13H19FN2O. The molecule has 1 N–H and O–H groups in total. The molecule has 94 valence electrons. The molecule has 4 heteroatoms. The first-order chi connectivity index (χ1) is 8.04. The van der Waals surface area contributed by atoms with E-state index in [0.29, 0.717) is 18.7 Å². The first-order valence-corrected chi connectivity index (χ1v) is 5.74. The largest absolute Gasteiger partial charge is 0.340 e. The van der Waals surface area contributed by atoms with Crippen LogP contribution in [0.4, 0.5) is 4.39 Å². The van der Waals surface area contributed by atoms with Crippen LogP contribution >= 0.6 is 0 Å². The first kappa shape index (κ1) is 13.6. The summed E-state index contributed by atoms with van der Waals surface area (Å²) in [5, 5.41) is 2.98. The molecule has 0 heterocycles. The molecule has 0 atom stereocenters. The Hall–Kier alpha value is -1.42. The molecule has 0 fully saturated rings. The third kappa shape index (κ3) is 4.15. The van der Waals surface area contributed by atoms with Gasteiger partial charge >= 0.3 is 0 Å². The number of carbonyl (C=O) groups is 1. The number of carbonyl (C=O) groups excluding carboxylic acids is 1. The summed E-state index contributed by atoms with van der Waals surface area (Å²) in [6.07, 6.45) is 0. The van der Waals surface area contributed by atoms with E-state index < -0.39 is 0 Å². The van der Waals surface area contributed by atoms with Crippen LogP contribution in [0.3, 0.4) is 0 Å². The zero-order chi connectivity index (χ0) is 12.8. The van der Waals surface area contributed by atoms with Gasteiger partial charge in [-0.15, -0.1) is 0 Å². The molecule has 0 saturated heterocycles. The Morgan fingerprint density at radius 1 is 1.47 bits per heavy atom. The smallest absolute Gasteiger partial charge is 0.236 e. The Kier molecular flexibility index (Phi) is 5.10. The highest BCUT2D eigenvalue weighted by Crippen LogP contribution is 2.10. The van der Waals surface area contributed by atoms with Gasteiger partial charge in [0.15, 0.2) is 0 Å².